The second kappa shape index (κ2) is 14.3. The van der Waals surface area contributed by atoms with E-state index < -0.39 is 11.2 Å². The zero-order valence-electron chi connectivity index (χ0n) is 30.7. The number of aryl methyl sites for hydroxylation is 1. The van der Waals surface area contributed by atoms with Gasteiger partial charge in [0.25, 0.3) is 0 Å². The molecule has 1 aromatic carbocycles. The first-order chi connectivity index (χ1) is 20.8. The van der Waals surface area contributed by atoms with Crippen molar-refractivity contribution in [1.82, 2.24) is 0 Å². The van der Waals surface area contributed by atoms with Crippen molar-refractivity contribution in [2.24, 2.45) is 16.2 Å². The number of rotatable bonds is 1. The summed E-state index contributed by atoms with van der Waals surface area (Å²) in [6.45, 7) is 34.0. The van der Waals surface area contributed by atoms with Crippen LogP contribution in [0.25, 0.3) is 5.57 Å². The average molecular weight is 621 g/mol. The van der Waals surface area contributed by atoms with Gasteiger partial charge in [-0.25, -0.2) is 0 Å². The van der Waals surface area contributed by atoms with Crippen LogP contribution in [0.5, 0.6) is 0 Å². The molecule has 6 nitrogen and oxygen atoms in total. The van der Waals surface area contributed by atoms with Crippen LogP contribution in [0.15, 0.2) is 76.3 Å². The lowest BCUT2D eigenvalue weighted by Crippen LogP contribution is -2.29. The predicted molar refractivity (Wildman–Crippen MR) is 186 cm³/mol. The summed E-state index contributed by atoms with van der Waals surface area (Å²) in [7, 11) is 0. The Labute approximate surface area is 278 Å². The summed E-state index contributed by atoms with van der Waals surface area (Å²) in [5.41, 5.74) is 5.42. The molecule has 0 unspecified atom stereocenters. The molecule has 2 heterocycles. The van der Waals surface area contributed by atoms with Gasteiger partial charge in [-0.1, -0.05) is 105 Å². The molecule has 2 aliphatic heterocycles. The van der Waals surface area contributed by atoms with Gasteiger partial charge in [-0.3, -0.25) is 0 Å². The van der Waals surface area contributed by atoms with E-state index in [-0.39, 0.29) is 16.2 Å². The third-order valence-electron chi connectivity index (χ3n) is 7.24. The second-order valence-corrected chi connectivity index (χ2v) is 15.8. The fourth-order valence-corrected chi connectivity index (χ4v) is 6.06. The van der Waals surface area contributed by atoms with E-state index in [1.807, 2.05) is 65.0 Å². The van der Waals surface area contributed by atoms with Crippen molar-refractivity contribution < 1.29 is 9.47 Å². The molecule has 2 aliphatic rings. The lowest BCUT2D eigenvalue weighted by molar-refractivity contribution is 0.0779. The maximum atomic E-state index is 9.32. The first kappa shape index (κ1) is 39.5. The Morgan fingerprint density at radius 1 is 0.717 bits per heavy atom. The minimum Gasteiger partial charge on any atom is -0.483 e. The Bertz CT molecular complexity index is 1630. The molecule has 0 spiro atoms. The standard InChI is InChI=1S/C14H18N2O.C14H17N.C12H17NO/c1-9(7-15)11-10(8-16)12(13(2,3)4)14(5,6)17-11;1-11-5-7-12(8-6-11)13(10-15)9-14(2,3)4;1-8-9(7-13)10(11(2,3)4)12(5,6)14-8/h1-6H3;5-9H,1-4H3;1H2,2-6H3/b11-9-;13-9+;. The molecule has 0 atom stereocenters. The quantitative estimate of drug-likeness (QED) is 0.289. The number of ether oxygens (including phenoxy) is 2. The minimum absolute atomic E-state index is 0.0376. The van der Waals surface area contributed by atoms with Crippen molar-refractivity contribution in [2.45, 2.75) is 115 Å². The number of hydrogen-bond donors (Lipinski definition) is 0. The summed E-state index contributed by atoms with van der Waals surface area (Å²) < 4.78 is 11.4. The maximum Gasteiger partial charge on any atom is 0.151 e. The van der Waals surface area contributed by atoms with Gasteiger partial charge in [-0.05, 0) is 74.5 Å². The predicted octanol–water partition coefficient (Wildman–Crippen LogP) is 10.6. The molecule has 1 aromatic rings. The van der Waals surface area contributed by atoms with Crippen LogP contribution < -0.4 is 0 Å². The molecule has 3 rings (SSSR count). The van der Waals surface area contributed by atoms with E-state index in [4.69, 9.17) is 25.3 Å². The zero-order valence-corrected chi connectivity index (χ0v) is 30.7. The van der Waals surface area contributed by atoms with Crippen molar-refractivity contribution in [3.8, 4) is 24.3 Å². The van der Waals surface area contributed by atoms with Gasteiger partial charge in [0, 0.05) is 0 Å². The highest BCUT2D eigenvalue weighted by Gasteiger charge is 2.44. The molecular weight excluding hydrogens is 568 g/mol. The Morgan fingerprint density at radius 3 is 1.50 bits per heavy atom. The fourth-order valence-electron chi connectivity index (χ4n) is 6.06. The Balaban J connectivity index is 0.000000347. The van der Waals surface area contributed by atoms with Crippen molar-refractivity contribution in [3.63, 3.8) is 0 Å². The monoisotopic (exact) mass is 620 g/mol. The maximum absolute atomic E-state index is 9.32. The molecular formula is C40H52N4O2. The molecule has 0 bridgehead atoms. The van der Waals surface area contributed by atoms with Gasteiger partial charge in [0.05, 0.1) is 34.4 Å². The van der Waals surface area contributed by atoms with E-state index in [0.29, 0.717) is 28.2 Å². The molecule has 244 valence electrons. The van der Waals surface area contributed by atoms with Crippen LogP contribution in [0.2, 0.25) is 0 Å². The first-order valence-corrected chi connectivity index (χ1v) is 15.5. The van der Waals surface area contributed by atoms with E-state index in [2.05, 4.69) is 93.2 Å². The van der Waals surface area contributed by atoms with Gasteiger partial charge in [0.15, 0.2) is 5.76 Å². The number of benzene rings is 1. The van der Waals surface area contributed by atoms with Crippen molar-refractivity contribution >= 4 is 5.57 Å². The topological polar surface area (TPSA) is 114 Å². The average Bonchev–Trinajstić information content (AvgIpc) is 3.34. The van der Waals surface area contributed by atoms with Crippen molar-refractivity contribution in [3.05, 3.63) is 87.4 Å². The third kappa shape index (κ3) is 9.99. The van der Waals surface area contributed by atoms with Crippen LogP contribution in [0.4, 0.5) is 0 Å². The van der Waals surface area contributed by atoms with E-state index in [1.54, 1.807) is 6.92 Å². The molecule has 0 amide bonds. The normalized spacial score (nSPS) is 18.3. The fraction of sp³-hybridized carbons (Fsp3) is 0.500. The SMILES string of the molecule is C/C(C#N)=C1/OC(C)(C)C(C(C)(C)C)=C1C#N.C=C1OC(C)(C)C(C(C)(C)C)=C1C#N.Cc1ccc(/C(C#N)=C/C(C)(C)C)cc1. The van der Waals surface area contributed by atoms with Gasteiger partial charge >= 0.3 is 0 Å². The van der Waals surface area contributed by atoms with Gasteiger partial charge < -0.3 is 9.47 Å². The summed E-state index contributed by atoms with van der Waals surface area (Å²) >= 11 is 0. The molecule has 0 fully saturated rings. The van der Waals surface area contributed by atoms with E-state index >= 15 is 0 Å². The van der Waals surface area contributed by atoms with Gasteiger partial charge in [0.2, 0.25) is 0 Å². The number of nitrogens with zero attached hydrogens (tertiary/aromatic N) is 4. The van der Waals surface area contributed by atoms with Crippen LogP contribution >= 0.6 is 0 Å². The second-order valence-electron chi connectivity index (χ2n) is 15.8. The zero-order chi connectivity index (χ0) is 36.1. The molecule has 46 heavy (non-hydrogen) atoms. The largest absolute Gasteiger partial charge is 0.483 e. The van der Waals surface area contributed by atoms with Crippen molar-refractivity contribution in [1.29, 1.82) is 21.0 Å². The summed E-state index contributed by atoms with van der Waals surface area (Å²) in [5.74, 6) is 0.937. The Hall–Kier alpha value is -4.52. The summed E-state index contributed by atoms with van der Waals surface area (Å²) in [5, 5.41) is 36.4. The lowest BCUT2D eigenvalue weighted by atomic mass is 9.76. The third-order valence-corrected chi connectivity index (χ3v) is 7.24. The van der Waals surface area contributed by atoms with E-state index in [0.717, 1.165) is 22.3 Å². The number of nitriles is 4. The van der Waals surface area contributed by atoms with Crippen LogP contribution in [0, 0.1) is 68.5 Å². The molecule has 6 heteroatoms. The molecule has 0 radical (unpaired) electrons. The summed E-state index contributed by atoms with van der Waals surface area (Å²) in [6, 6.07) is 16.7. The van der Waals surface area contributed by atoms with Gasteiger partial charge in [-0.15, -0.1) is 0 Å². The van der Waals surface area contributed by atoms with E-state index in [1.165, 1.54) is 5.56 Å². The Morgan fingerprint density at radius 2 is 1.15 bits per heavy atom. The van der Waals surface area contributed by atoms with Gasteiger partial charge in [-0.2, -0.15) is 21.0 Å². The lowest BCUT2D eigenvalue weighted by Gasteiger charge is -2.31. The molecule has 0 N–H and O–H groups in total. The minimum atomic E-state index is -0.531. The van der Waals surface area contributed by atoms with Crippen molar-refractivity contribution in [2.75, 3.05) is 0 Å². The highest BCUT2D eigenvalue weighted by atomic mass is 16.5. The highest BCUT2D eigenvalue weighted by molar-refractivity contribution is 5.77. The number of allylic oxidation sites excluding steroid dienone is 5. The van der Waals surface area contributed by atoms with Crippen LogP contribution in [-0.2, 0) is 9.47 Å². The smallest absolute Gasteiger partial charge is 0.151 e. The summed E-state index contributed by atoms with van der Waals surface area (Å²) in [6.07, 6.45) is 2.01. The summed E-state index contributed by atoms with van der Waals surface area (Å²) in [4.78, 5) is 0. The number of hydrogen-bond acceptors (Lipinski definition) is 6. The van der Waals surface area contributed by atoms with Crippen LogP contribution in [0.3, 0.4) is 0 Å². The van der Waals surface area contributed by atoms with Gasteiger partial charge in [0.1, 0.15) is 29.1 Å². The van der Waals surface area contributed by atoms with Crippen LogP contribution in [0.1, 0.15) is 108 Å². The van der Waals surface area contributed by atoms with Crippen LogP contribution in [-0.4, -0.2) is 11.2 Å². The molecule has 0 saturated heterocycles. The first-order valence-electron chi connectivity index (χ1n) is 15.5. The van der Waals surface area contributed by atoms with E-state index in [9.17, 15) is 5.26 Å². The molecule has 0 saturated carbocycles. The Kier molecular flexibility index (Phi) is 12.3. The highest BCUT2D eigenvalue weighted by Crippen LogP contribution is 2.48. The molecule has 0 aliphatic carbocycles. The molecule has 0 aromatic heterocycles.